The lowest BCUT2D eigenvalue weighted by atomic mass is 9.50. The van der Waals surface area contributed by atoms with Gasteiger partial charge in [0.05, 0.1) is 10.8 Å². The molecule has 2 heterocycles. The first-order chi connectivity index (χ1) is 49.2. The first-order valence-corrected chi connectivity index (χ1v) is 39.8. The van der Waals surface area contributed by atoms with Gasteiger partial charge in [-0.3, -0.25) is 0 Å². The summed E-state index contributed by atoms with van der Waals surface area (Å²) >= 11 is 0. The standard InChI is InChI=1S/C97H56N2/c1-3-5-7-9-11-13-15-17-23-95(24-18-16-14-12-10-8-6-4-2)35-27-31(98-25-26-98)19-21-33(35)34-22-20-32(28-36(34)95)99-29-96-91-83-75-65-55-47-39-37-38-41-45-43(39)51-59-53(45)63-57-49(41)50-42(38)46-44-40(37)48(47)56-62-52(44)60-54(46)64-58(50)68-67(57)77-71(63)81-73(59)79(69(75)61(51)55)87(91)89(81)93-85(77)86-78(68)72(64)82-74(60)80-70(62)76(66(56)65)84(83)92(96)88(80)90(82)94(86)97(93,96)30-99/h19-22,27-28H,3-18,23-26,29-30H2,1-2H3. The van der Waals surface area contributed by atoms with Crippen molar-refractivity contribution in [3.63, 3.8) is 0 Å². The summed E-state index contributed by atoms with van der Waals surface area (Å²) in [6.45, 7) is 9.21. The number of benzene rings is 20. The number of nitrogens with zero attached hydrogens (tertiary/aromatic N) is 2. The van der Waals surface area contributed by atoms with E-state index in [0.717, 1.165) is 13.1 Å². The van der Waals surface area contributed by atoms with E-state index in [1.807, 2.05) is 22.3 Å². The summed E-state index contributed by atoms with van der Waals surface area (Å²) in [4.78, 5) is 5.80. The Morgan fingerprint density at radius 2 is 0.434 bits per heavy atom. The van der Waals surface area contributed by atoms with Crippen LogP contribution in [0.3, 0.4) is 0 Å². The molecule has 0 bridgehead atoms. The second-order valence-electron chi connectivity index (χ2n) is 36.4. The molecule has 2 fully saturated rings. The van der Waals surface area contributed by atoms with Crippen LogP contribution in [0.2, 0.25) is 0 Å². The van der Waals surface area contributed by atoms with Crippen LogP contribution in [0.25, 0.3) is 302 Å². The van der Waals surface area contributed by atoms with Crippen LogP contribution in [0, 0.1) is 0 Å². The molecular weight excluding hydrogens is 1190 g/mol. The number of hydrogen-bond donors (Lipinski definition) is 0. The lowest BCUT2D eigenvalue weighted by Crippen LogP contribution is -2.51. The van der Waals surface area contributed by atoms with Crippen molar-refractivity contribution in [2.24, 2.45) is 0 Å². The molecule has 0 unspecified atom stereocenters. The van der Waals surface area contributed by atoms with Gasteiger partial charge in [0.2, 0.25) is 0 Å². The number of hydrogen-bond acceptors (Lipinski definition) is 2. The molecule has 0 radical (unpaired) electrons. The third kappa shape index (κ3) is 3.29. The molecule has 454 valence electrons. The van der Waals surface area contributed by atoms with Gasteiger partial charge in [0.15, 0.2) is 0 Å². The predicted octanol–water partition coefficient (Wildman–Crippen LogP) is 27.0. The van der Waals surface area contributed by atoms with Gasteiger partial charge >= 0.3 is 0 Å². The monoisotopic (exact) mass is 1250 g/mol. The Bertz CT molecular complexity index is 7950. The molecule has 0 saturated carbocycles. The van der Waals surface area contributed by atoms with Gasteiger partial charge in [0.25, 0.3) is 0 Å². The predicted molar refractivity (Wildman–Crippen MR) is 425 cm³/mol. The fraction of sp³-hybridized carbons (Fsp3) is 0.278. The van der Waals surface area contributed by atoms with E-state index < -0.39 is 0 Å². The normalized spacial score (nSPS) is 20.9. The zero-order valence-electron chi connectivity index (χ0n) is 55.4. The molecule has 0 aromatic heterocycles. The Morgan fingerprint density at radius 3 is 0.657 bits per heavy atom. The minimum atomic E-state index is -0.278. The van der Waals surface area contributed by atoms with E-state index in [4.69, 9.17) is 0 Å². The molecule has 7 aliphatic rings. The van der Waals surface area contributed by atoms with Gasteiger partial charge in [-0.2, -0.15) is 0 Å². The van der Waals surface area contributed by atoms with E-state index in [1.165, 1.54) is 140 Å². The summed E-state index contributed by atoms with van der Waals surface area (Å²) in [5.41, 5.74) is 16.1. The molecule has 0 amide bonds. The van der Waals surface area contributed by atoms with Crippen molar-refractivity contribution in [1.29, 1.82) is 0 Å². The summed E-state index contributed by atoms with van der Waals surface area (Å²) in [6, 6.07) is 16.2. The summed E-state index contributed by atoms with van der Waals surface area (Å²) in [6.07, 6.45) is 24.4. The maximum absolute atomic E-state index is 3.16. The Kier molecular flexibility index (Phi) is 5.63. The molecule has 30 aromatic carbocycles. The van der Waals surface area contributed by atoms with E-state index >= 15 is 0 Å². The van der Waals surface area contributed by atoms with E-state index in [-0.39, 0.29) is 16.2 Å². The summed E-state index contributed by atoms with van der Waals surface area (Å²) in [5, 5.41) is 91.6. The van der Waals surface area contributed by atoms with Crippen molar-refractivity contribution in [3.8, 4) is 11.1 Å². The van der Waals surface area contributed by atoms with Crippen molar-refractivity contribution in [2.45, 2.75) is 146 Å². The van der Waals surface area contributed by atoms with E-state index in [1.54, 1.807) is 313 Å². The average molecular weight is 1250 g/mol. The number of unbranched alkanes of at least 4 members (excludes halogenated alkanes) is 14. The summed E-state index contributed by atoms with van der Waals surface area (Å²) in [5.74, 6) is 0. The zero-order valence-corrected chi connectivity index (χ0v) is 55.4. The molecule has 30 aromatic rings. The third-order valence-electron chi connectivity index (χ3n) is 34.0. The Labute approximate surface area is 561 Å². The van der Waals surface area contributed by atoms with Crippen molar-refractivity contribution >= 4 is 302 Å². The van der Waals surface area contributed by atoms with E-state index in [2.05, 4.69) is 60.0 Å². The van der Waals surface area contributed by atoms with Gasteiger partial charge in [-0.1, -0.05) is 129 Å². The van der Waals surface area contributed by atoms with Gasteiger partial charge in [0.1, 0.15) is 0 Å². The van der Waals surface area contributed by atoms with Gasteiger partial charge in [0, 0.05) is 43.0 Å². The van der Waals surface area contributed by atoms with Crippen LogP contribution in [0.1, 0.15) is 163 Å². The van der Waals surface area contributed by atoms with Crippen molar-refractivity contribution in [2.75, 3.05) is 36.0 Å². The Hall–Kier alpha value is -9.50. The van der Waals surface area contributed by atoms with E-state index in [0.29, 0.717) is 0 Å². The van der Waals surface area contributed by atoms with Crippen LogP contribution in [-0.4, -0.2) is 26.2 Å². The van der Waals surface area contributed by atoms with E-state index in [9.17, 15) is 0 Å². The number of anilines is 2. The second kappa shape index (κ2) is 12.3. The van der Waals surface area contributed by atoms with Gasteiger partial charge < -0.3 is 9.80 Å². The maximum Gasteiger partial charge on any atom is 0.0558 e. The van der Waals surface area contributed by atoms with Gasteiger partial charge in [-0.25, -0.2) is 0 Å². The molecule has 5 aliphatic carbocycles. The average Bonchev–Trinajstić information content (AvgIpc) is 1.38. The highest BCUT2D eigenvalue weighted by atomic mass is 15.3. The highest BCUT2D eigenvalue weighted by molar-refractivity contribution is 6.82. The molecular formula is C97H56N2. The third-order valence-corrected chi connectivity index (χ3v) is 34.0. The molecule has 2 saturated heterocycles. The molecule has 2 nitrogen and oxygen atoms in total. The van der Waals surface area contributed by atoms with Crippen molar-refractivity contribution in [3.05, 3.63) is 69.8 Å². The topological polar surface area (TPSA) is 6.25 Å². The fourth-order valence-corrected chi connectivity index (χ4v) is 31.9. The van der Waals surface area contributed by atoms with Crippen molar-refractivity contribution < 1.29 is 0 Å². The molecule has 2 spiro atoms. The highest BCUT2D eigenvalue weighted by Crippen LogP contribution is 2.85. The quantitative estimate of drug-likeness (QED) is 0.0426. The van der Waals surface area contributed by atoms with Crippen molar-refractivity contribution in [1.82, 2.24) is 0 Å². The largest absolute Gasteiger partial charge is 0.369 e. The molecule has 37 rings (SSSR count). The first kappa shape index (κ1) is 45.2. The first-order valence-electron chi connectivity index (χ1n) is 39.8. The molecule has 99 heavy (non-hydrogen) atoms. The summed E-state index contributed by atoms with van der Waals surface area (Å²) < 4.78 is 0. The number of fused-ring (bicyclic) bond motifs is 3. The minimum Gasteiger partial charge on any atom is -0.369 e. The van der Waals surface area contributed by atoms with Gasteiger partial charge in [-0.05, 0) is 372 Å². The van der Waals surface area contributed by atoms with Crippen LogP contribution in [0.5, 0.6) is 0 Å². The molecule has 0 N–H and O–H groups in total. The fourth-order valence-electron chi connectivity index (χ4n) is 31.9. The van der Waals surface area contributed by atoms with Gasteiger partial charge in [-0.15, -0.1) is 0 Å². The lowest BCUT2D eigenvalue weighted by Gasteiger charge is -2.49. The molecule has 0 atom stereocenters. The number of rotatable bonds is 20. The zero-order chi connectivity index (χ0) is 61.4. The minimum absolute atomic E-state index is 0.00282. The van der Waals surface area contributed by atoms with Crippen LogP contribution in [-0.2, 0) is 16.2 Å². The van der Waals surface area contributed by atoms with Crippen LogP contribution < -0.4 is 9.80 Å². The van der Waals surface area contributed by atoms with Crippen LogP contribution >= 0.6 is 0 Å². The SMILES string of the molecule is CCCCCCCCCCC1(CCCCCCCCCC)c2cc(N3CC3)ccc2-c2ccc(N3CC45c6c7c8c9c%10c%11c(c%12c%13c4c4c6c6c%14c7c7c8c8c%10c%10c%15c%11c%11c%12c%12c%13c%13c4c4c6c6c%14c%14c7c7c8c%10c8c%10c%15c%11c%11c%12c%12c%13c4c4c6c6c%14c7c8c7c%10c%11c%12c4c67)C95C3)cc21. The molecule has 2 heteroatoms. The Balaban J connectivity index is 0.715. The van der Waals surface area contributed by atoms with Crippen LogP contribution in [0.15, 0.2) is 36.4 Å². The second-order valence-corrected chi connectivity index (χ2v) is 36.4. The summed E-state index contributed by atoms with van der Waals surface area (Å²) in [7, 11) is 0. The molecule has 2 aliphatic heterocycles. The van der Waals surface area contributed by atoms with Crippen LogP contribution in [0.4, 0.5) is 11.4 Å². The smallest absolute Gasteiger partial charge is 0.0558 e. The maximum atomic E-state index is 3.16. The lowest BCUT2D eigenvalue weighted by molar-refractivity contribution is 0.397. The Morgan fingerprint density at radius 1 is 0.232 bits per heavy atom. The highest BCUT2D eigenvalue weighted by Gasteiger charge is 2.73.